The number of nitriles is 1. The molecule has 1 aromatic carbocycles. The monoisotopic (exact) mass is 349 g/mol. The largest absolute Gasteiger partial charge is 0.396 e. The van der Waals surface area contributed by atoms with Gasteiger partial charge in [-0.1, -0.05) is 18.2 Å². The third-order valence-corrected chi connectivity index (χ3v) is 5.27. The highest BCUT2D eigenvalue weighted by Crippen LogP contribution is 2.36. The van der Waals surface area contributed by atoms with E-state index in [0.29, 0.717) is 24.9 Å². The average Bonchev–Trinajstić information content (AvgIpc) is 3.26. The topological polar surface area (TPSA) is 86.8 Å². The summed E-state index contributed by atoms with van der Waals surface area (Å²) in [4.78, 5) is 9.31. The van der Waals surface area contributed by atoms with E-state index in [1.807, 2.05) is 24.4 Å². The first-order valence-corrected chi connectivity index (χ1v) is 9.27. The van der Waals surface area contributed by atoms with Crippen molar-refractivity contribution in [1.29, 1.82) is 5.26 Å². The molecule has 1 aliphatic carbocycles. The first-order chi connectivity index (χ1) is 12.8. The third-order valence-electron chi connectivity index (χ3n) is 5.27. The molecule has 1 saturated carbocycles. The molecule has 2 unspecified atom stereocenters. The molecule has 0 radical (unpaired) electrons. The van der Waals surface area contributed by atoms with Gasteiger partial charge in [-0.15, -0.1) is 0 Å². The number of imidazole rings is 1. The van der Waals surface area contributed by atoms with Gasteiger partial charge in [0.15, 0.2) is 0 Å². The lowest BCUT2D eigenvalue weighted by atomic mass is 10.1. The highest BCUT2D eigenvalue weighted by Gasteiger charge is 2.29. The standard InChI is InChI=1S/C20H23N5O/c21-9-3-10-22-14-6-7-15(12-14)25-19(8-11-26)24-18-13-23-17-5-2-1-4-16(17)20(18)25/h1-2,4-5,13-15,22,26H,3,6-8,10-12H2. The fourth-order valence-electron chi connectivity index (χ4n) is 4.15. The number of aliphatic hydroxyl groups excluding tert-OH is 1. The molecule has 134 valence electrons. The second kappa shape index (κ2) is 7.40. The Bertz CT molecular complexity index is 958. The van der Waals surface area contributed by atoms with Crippen LogP contribution >= 0.6 is 0 Å². The second-order valence-electron chi connectivity index (χ2n) is 6.91. The number of nitrogens with one attached hydrogen (secondary N) is 1. The summed E-state index contributed by atoms with van der Waals surface area (Å²) in [5, 5.41) is 22.8. The van der Waals surface area contributed by atoms with Crippen molar-refractivity contribution in [3.05, 3.63) is 36.3 Å². The summed E-state index contributed by atoms with van der Waals surface area (Å²) >= 11 is 0. The normalized spacial score (nSPS) is 20.0. The number of hydrogen-bond donors (Lipinski definition) is 2. The van der Waals surface area contributed by atoms with Crippen LogP contribution in [-0.4, -0.2) is 38.8 Å². The van der Waals surface area contributed by atoms with Crippen LogP contribution in [0.1, 0.15) is 37.5 Å². The molecule has 6 nitrogen and oxygen atoms in total. The maximum Gasteiger partial charge on any atom is 0.112 e. The van der Waals surface area contributed by atoms with Gasteiger partial charge < -0.3 is 15.0 Å². The van der Waals surface area contributed by atoms with E-state index in [1.165, 1.54) is 0 Å². The molecule has 1 fully saturated rings. The van der Waals surface area contributed by atoms with E-state index in [-0.39, 0.29) is 6.61 Å². The lowest BCUT2D eigenvalue weighted by Crippen LogP contribution is -2.27. The van der Waals surface area contributed by atoms with Gasteiger partial charge in [-0.25, -0.2) is 4.98 Å². The number of benzene rings is 1. The van der Waals surface area contributed by atoms with Crippen LogP contribution in [0.25, 0.3) is 21.9 Å². The maximum atomic E-state index is 9.51. The number of aliphatic hydroxyl groups is 1. The summed E-state index contributed by atoms with van der Waals surface area (Å²) in [7, 11) is 0. The lowest BCUT2D eigenvalue weighted by molar-refractivity contribution is 0.293. The molecule has 6 heteroatoms. The van der Waals surface area contributed by atoms with E-state index in [0.717, 1.165) is 53.6 Å². The quantitative estimate of drug-likeness (QED) is 0.668. The molecular weight excluding hydrogens is 326 g/mol. The van der Waals surface area contributed by atoms with Gasteiger partial charge in [0.05, 0.1) is 29.9 Å². The highest BCUT2D eigenvalue weighted by atomic mass is 16.3. The minimum absolute atomic E-state index is 0.0885. The fraction of sp³-hybridized carbons (Fsp3) is 0.450. The SMILES string of the molecule is N#CCCNC1CCC(n2c(CCO)nc3cnc4ccccc4c32)C1. The summed E-state index contributed by atoms with van der Waals surface area (Å²) in [5.41, 5.74) is 2.99. The third kappa shape index (κ3) is 3.05. The van der Waals surface area contributed by atoms with Crippen LogP contribution in [-0.2, 0) is 6.42 Å². The zero-order valence-corrected chi connectivity index (χ0v) is 14.7. The summed E-state index contributed by atoms with van der Waals surface area (Å²) in [6.07, 6.45) is 6.12. The van der Waals surface area contributed by atoms with Crippen molar-refractivity contribution in [2.24, 2.45) is 0 Å². The lowest BCUT2D eigenvalue weighted by Gasteiger charge is -2.18. The minimum Gasteiger partial charge on any atom is -0.396 e. The number of pyridine rings is 1. The van der Waals surface area contributed by atoms with E-state index < -0.39 is 0 Å². The number of aromatic nitrogens is 3. The van der Waals surface area contributed by atoms with Crippen LogP contribution in [0.3, 0.4) is 0 Å². The van der Waals surface area contributed by atoms with Crippen molar-refractivity contribution in [3.8, 4) is 6.07 Å². The van der Waals surface area contributed by atoms with Gasteiger partial charge in [0.2, 0.25) is 0 Å². The smallest absolute Gasteiger partial charge is 0.112 e. The van der Waals surface area contributed by atoms with Gasteiger partial charge in [0.1, 0.15) is 11.3 Å². The molecule has 4 rings (SSSR count). The Hall–Kier alpha value is -2.49. The van der Waals surface area contributed by atoms with Crippen molar-refractivity contribution >= 4 is 21.9 Å². The van der Waals surface area contributed by atoms with Crippen molar-refractivity contribution in [3.63, 3.8) is 0 Å². The van der Waals surface area contributed by atoms with E-state index >= 15 is 0 Å². The molecule has 0 aliphatic heterocycles. The van der Waals surface area contributed by atoms with Crippen molar-refractivity contribution in [1.82, 2.24) is 19.9 Å². The predicted octanol–water partition coefficient (Wildman–Crippen LogP) is 2.72. The molecule has 0 saturated heterocycles. The molecule has 2 aromatic heterocycles. The van der Waals surface area contributed by atoms with E-state index in [4.69, 9.17) is 10.2 Å². The van der Waals surface area contributed by atoms with E-state index in [2.05, 4.69) is 27.0 Å². The van der Waals surface area contributed by atoms with Crippen LogP contribution < -0.4 is 5.32 Å². The van der Waals surface area contributed by atoms with Gasteiger partial charge in [0, 0.05) is 36.9 Å². The maximum absolute atomic E-state index is 9.51. The van der Waals surface area contributed by atoms with Crippen LogP contribution in [0.2, 0.25) is 0 Å². The number of hydrogen-bond acceptors (Lipinski definition) is 5. The van der Waals surface area contributed by atoms with Crippen molar-refractivity contribution in [2.75, 3.05) is 13.2 Å². The number of nitrogens with zero attached hydrogens (tertiary/aromatic N) is 4. The first-order valence-electron chi connectivity index (χ1n) is 9.27. The van der Waals surface area contributed by atoms with Crippen LogP contribution in [0.5, 0.6) is 0 Å². The predicted molar refractivity (Wildman–Crippen MR) is 101 cm³/mol. The van der Waals surface area contributed by atoms with Crippen LogP contribution in [0.15, 0.2) is 30.5 Å². The average molecular weight is 349 g/mol. The summed E-state index contributed by atoms with van der Waals surface area (Å²) in [6.45, 7) is 0.833. The molecule has 2 atom stereocenters. The van der Waals surface area contributed by atoms with Gasteiger partial charge >= 0.3 is 0 Å². The van der Waals surface area contributed by atoms with Crippen molar-refractivity contribution < 1.29 is 5.11 Å². The number of rotatable bonds is 6. The van der Waals surface area contributed by atoms with Gasteiger partial charge in [-0.3, -0.25) is 4.98 Å². The Morgan fingerprint density at radius 3 is 3.00 bits per heavy atom. The molecule has 2 N–H and O–H groups in total. The zero-order valence-electron chi connectivity index (χ0n) is 14.7. The molecule has 0 bridgehead atoms. The first kappa shape index (κ1) is 17.0. The number of fused-ring (bicyclic) bond motifs is 3. The molecule has 1 aliphatic rings. The fourth-order valence-corrected chi connectivity index (χ4v) is 4.15. The zero-order chi connectivity index (χ0) is 17.9. The Morgan fingerprint density at radius 1 is 1.27 bits per heavy atom. The van der Waals surface area contributed by atoms with Crippen LogP contribution in [0.4, 0.5) is 0 Å². The molecule has 0 amide bonds. The molecule has 0 spiro atoms. The van der Waals surface area contributed by atoms with Gasteiger partial charge in [-0.05, 0) is 25.3 Å². The van der Waals surface area contributed by atoms with Crippen molar-refractivity contribution in [2.45, 2.75) is 44.2 Å². The molecule has 26 heavy (non-hydrogen) atoms. The highest BCUT2D eigenvalue weighted by molar-refractivity contribution is 6.02. The molecular formula is C20H23N5O. The van der Waals surface area contributed by atoms with Crippen LogP contribution in [0, 0.1) is 11.3 Å². The van der Waals surface area contributed by atoms with E-state index in [9.17, 15) is 5.11 Å². The summed E-state index contributed by atoms with van der Waals surface area (Å²) in [5.74, 6) is 0.934. The molecule has 3 aromatic rings. The number of para-hydroxylation sites is 1. The Morgan fingerprint density at radius 2 is 2.15 bits per heavy atom. The summed E-state index contributed by atoms with van der Waals surface area (Å²) in [6, 6.07) is 11.1. The van der Waals surface area contributed by atoms with Gasteiger partial charge in [-0.2, -0.15) is 5.26 Å². The Balaban J connectivity index is 1.74. The minimum atomic E-state index is 0.0885. The Labute approximate surface area is 152 Å². The van der Waals surface area contributed by atoms with E-state index in [1.54, 1.807) is 0 Å². The summed E-state index contributed by atoms with van der Waals surface area (Å²) < 4.78 is 2.33. The van der Waals surface area contributed by atoms with Gasteiger partial charge in [0.25, 0.3) is 0 Å². The molecule has 2 heterocycles. The second-order valence-corrected chi connectivity index (χ2v) is 6.91. The Kier molecular flexibility index (Phi) is 4.83.